The molecule has 4 heteroatoms. The lowest BCUT2D eigenvalue weighted by Crippen LogP contribution is -2.40. The predicted molar refractivity (Wildman–Crippen MR) is 96.6 cm³/mol. The fraction of sp³-hybridized carbons (Fsp3) is 0.316. The van der Waals surface area contributed by atoms with Crippen molar-refractivity contribution < 1.29 is 0 Å². The molecule has 2 aromatic rings. The molecule has 1 aliphatic carbocycles. The first kappa shape index (κ1) is 15.4. The third-order valence-corrected chi connectivity index (χ3v) is 4.54. The van der Waals surface area contributed by atoms with E-state index in [0.717, 1.165) is 28.8 Å². The summed E-state index contributed by atoms with van der Waals surface area (Å²) in [6, 6.07) is 8.69. The maximum atomic E-state index is 5.89. The molecular formula is C19H24N4. The SMILES string of the molecule is C=CCN(C(=C)Cn1nc(C(=C)N)c2ccccc21)C1CCC1. The second-order valence-corrected chi connectivity index (χ2v) is 6.14. The van der Waals surface area contributed by atoms with Gasteiger partial charge in [0.05, 0.1) is 17.8 Å². The van der Waals surface area contributed by atoms with Crippen LogP contribution in [0.2, 0.25) is 0 Å². The van der Waals surface area contributed by atoms with Gasteiger partial charge in [-0.2, -0.15) is 5.10 Å². The van der Waals surface area contributed by atoms with Crippen molar-refractivity contribution in [1.82, 2.24) is 14.7 Å². The van der Waals surface area contributed by atoms with E-state index in [-0.39, 0.29) is 0 Å². The molecule has 0 radical (unpaired) electrons. The monoisotopic (exact) mass is 308 g/mol. The Morgan fingerprint density at radius 3 is 2.70 bits per heavy atom. The van der Waals surface area contributed by atoms with Crippen LogP contribution < -0.4 is 5.73 Å². The van der Waals surface area contributed by atoms with Crippen molar-refractivity contribution >= 4 is 16.6 Å². The Bertz CT molecular complexity index is 752. The van der Waals surface area contributed by atoms with Gasteiger partial charge in [-0.3, -0.25) is 4.68 Å². The summed E-state index contributed by atoms with van der Waals surface area (Å²) in [6.07, 6.45) is 5.71. The molecular weight excluding hydrogens is 284 g/mol. The number of para-hydroxylation sites is 1. The van der Waals surface area contributed by atoms with Gasteiger partial charge in [-0.05, 0) is 25.3 Å². The van der Waals surface area contributed by atoms with Crippen LogP contribution in [0.15, 0.2) is 55.8 Å². The van der Waals surface area contributed by atoms with E-state index in [1.807, 2.05) is 29.0 Å². The summed E-state index contributed by atoms with van der Waals surface area (Å²) in [5, 5.41) is 5.69. The van der Waals surface area contributed by atoms with Crippen molar-refractivity contribution in [1.29, 1.82) is 0 Å². The molecule has 0 spiro atoms. The molecule has 0 atom stereocenters. The van der Waals surface area contributed by atoms with Crippen molar-refractivity contribution in [2.24, 2.45) is 5.73 Å². The summed E-state index contributed by atoms with van der Waals surface area (Å²) < 4.78 is 1.97. The predicted octanol–water partition coefficient (Wildman–Crippen LogP) is 3.52. The van der Waals surface area contributed by atoms with E-state index in [2.05, 4.69) is 35.8 Å². The number of hydrogen-bond donors (Lipinski definition) is 1. The topological polar surface area (TPSA) is 47.1 Å². The van der Waals surface area contributed by atoms with Gasteiger partial charge in [0.25, 0.3) is 0 Å². The van der Waals surface area contributed by atoms with Crippen molar-refractivity contribution in [3.05, 3.63) is 61.5 Å². The normalized spacial score (nSPS) is 14.4. The lowest BCUT2D eigenvalue weighted by Gasteiger charge is -2.39. The average Bonchev–Trinajstić information content (AvgIpc) is 2.84. The molecule has 1 aliphatic rings. The molecule has 23 heavy (non-hydrogen) atoms. The highest BCUT2D eigenvalue weighted by Gasteiger charge is 2.25. The van der Waals surface area contributed by atoms with Gasteiger partial charge >= 0.3 is 0 Å². The number of allylic oxidation sites excluding steroid dienone is 1. The van der Waals surface area contributed by atoms with Gasteiger partial charge in [0, 0.05) is 23.7 Å². The molecule has 1 saturated carbocycles. The zero-order valence-electron chi connectivity index (χ0n) is 13.5. The van der Waals surface area contributed by atoms with Crippen molar-refractivity contribution in [2.75, 3.05) is 6.54 Å². The summed E-state index contributed by atoms with van der Waals surface area (Å²) in [6.45, 7) is 13.5. The number of fused-ring (bicyclic) bond motifs is 1. The second-order valence-electron chi connectivity index (χ2n) is 6.14. The molecule has 0 bridgehead atoms. The van der Waals surface area contributed by atoms with Crippen molar-refractivity contribution in [3.8, 4) is 0 Å². The van der Waals surface area contributed by atoms with E-state index in [4.69, 9.17) is 5.73 Å². The Balaban J connectivity index is 1.89. The van der Waals surface area contributed by atoms with E-state index < -0.39 is 0 Å². The molecule has 1 aromatic heterocycles. The molecule has 120 valence electrons. The van der Waals surface area contributed by atoms with Gasteiger partial charge in [-0.25, -0.2) is 0 Å². The molecule has 1 aromatic carbocycles. The standard InChI is InChI=1S/C19H24N4/c1-4-12-22(16-8-7-9-16)14(2)13-23-18-11-6-5-10-17(18)19(21-23)15(3)20/h4-6,10-11,16H,1-3,7-9,12-13,20H2. The Morgan fingerprint density at radius 2 is 2.09 bits per heavy atom. The molecule has 1 heterocycles. The first-order chi connectivity index (χ1) is 11.1. The van der Waals surface area contributed by atoms with Crippen LogP contribution in [0.1, 0.15) is 25.0 Å². The smallest absolute Gasteiger partial charge is 0.115 e. The number of nitrogens with zero attached hydrogens (tertiary/aromatic N) is 3. The highest BCUT2D eigenvalue weighted by Crippen LogP contribution is 2.28. The van der Waals surface area contributed by atoms with Crippen LogP contribution in [0, 0.1) is 0 Å². The Kier molecular flexibility index (Phi) is 4.24. The molecule has 0 saturated heterocycles. The minimum atomic E-state index is 0.493. The van der Waals surface area contributed by atoms with E-state index in [1.54, 1.807) is 0 Å². The van der Waals surface area contributed by atoms with Gasteiger partial charge in [-0.1, -0.05) is 37.4 Å². The highest BCUT2D eigenvalue weighted by atomic mass is 15.3. The first-order valence-corrected chi connectivity index (χ1v) is 8.07. The van der Waals surface area contributed by atoms with Gasteiger partial charge in [0.1, 0.15) is 5.69 Å². The second kappa shape index (κ2) is 6.32. The summed E-state index contributed by atoms with van der Waals surface area (Å²) in [7, 11) is 0. The quantitative estimate of drug-likeness (QED) is 0.796. The van der Waals surface area contributed by atoms with Crippen LogP contribution in [-0.4, -0.2) is 27.3 Å². The fourth-order valence-electron chi connectivity index (χ4n) is 3.12. The minimum Gasteiger partial charge on any atom is -0.397 e. The summed E-state index contributed by atoms with van der Waals surface area (Å²) in [4.78, 5) is 2.35. The van der Waals surface area contributed by atoms with Crippen LogP contribution in [-0.2, 0) is 6.54 Å². The number of hydrogen-bond acceptors (Lipinski definition) is 3. The van der Waals surface area contributed by atoms with Gasteiger partial charge in [-0.15, -0.1) is 6.58 Å². The number of benzene rings is 1. The average molecular weight is 308 g/mol. The molecule has 1 fully saturated rings. The van der Waals surface area contributed by atoms with E-state index in [9.17, 15) is 0 Å². The van der Waals surface area contributed by atoms with Crippen LogP contribution >= 0.6 is 0 Å². The van der Waals surface area contributed by atoms with E-state index >= 15 is 0 Å². The van der Waals surface area contributed by atoms with Gasteiger partial charge < -0.3 is 10.6 Å². The Morgan fingerprint density at radius 1 is 1.35 bits per heavy atom. The lowest BCUT2D eigenvalue weighted by molar-refractivity contribution is 0.175. The fourth-order valence-corrected chi connectivity index (χ4v) is 3.12. The summed E-state index contributed by atoms with van der Waals surface area (Å²) in [5.41, 5.74) is 9.27. The third kappa shape index (κ3) is 2.89. The molecule has 2 N–H and O–H groups in total. The van der Waals surface area contributed by atoms with Crippen LogP contribution in [0.4, 0.5) is 0 Å². The summed E-state index contributed by atoms with van der Waals surface area (Å²) >= 11 is 0. The molecule has 3 rings (SSSR count). The minimum absolute atomic E-state index is 0.493. The Hall–Kier alpha value is -2.49. The molecule has 0 aliphatic heterocycles. The number of aromatic nitrogens is 2. The Labute approximate surface area is 137 Å². The maximum absolute atomic E-state index is 5.89. The zero-order chi connectivity index (χ0) is 16.4. The van der Waals surface area contributed by atoms with Crippen molar-refractivity contribution in [2.45, 2.75) is 31.8 Å². The highest BCUT2D eigenvalue weighted by molar-refractivity contribution is 5.89. The van der Waals surface area contributed by atoms with Gasteiger partial charge in [0.2, 0.25) is 0 Å². The third-order valence-electron chi connectivity index (χ3n) is 4.54. The molecule has 0 amide bonds. The van der Waals surface area contributed by atoms with Crippen LogP contribution in [0.3, 0.4) is 0 Å². The first-order valence-electron chi connectivity index (χ1n) is 8.07. The number of rotatable bonds is 7. The van der Waals surface area contributed by atoms with Gasteiger partial charge in [0.15, 0.2) is 0 Å². The summed E-state index contributed by atoms with van der Waals surface area (Å²) in [5.74, 6) is 0. The lowest BCUT2D eigenvalue weighted by atomic mass is 9.91. The van der Waals surface area contributed by atoms with E-state index in [0.29, 0.717) is 18.3 Å². The van der Waals surface area contributed by atoms with E-state index in [1.165, 1.54) is 19.3 Å². The zero-order valence-corrected chi connectivity index (χ0v) is 13.5. The molecule has 0 unspecified atom stereocenters. The maximum Gasteiger partial charge on any atom is 0.115 e. The van der Waals surface area contributed by atoms with Crippen LogP contribution in [0.5, 0.6) is 0 Å². The largest absolute Gasteiger partial charge is 0.397 e. The number of nitrogens with two attached hydrogens (primary N) is 1. The van der Waals surface area contributed by atoms with Crippen LogP contribution in [0.25, 0.3) is 16.6 Å². The molecule has 4 nitrogen and oxygen atoms in total. The van der Waals surface area contributed by atoms with Crippen molar-refractivity contribution in [3.63, 3.8) is 0 Å².